The molecular formula is C15H17ClN2O3S. The summed E-state index contributed by atoms with van der Waals surface area (Å²) in [4.78, 5) is 14.2. The number of thiophene rings is 1. The van der Waals surface area contributed by atoms with Gasteiger partial charge in [-0.3, -0.25) is 0 Å². The van der Waals surface area contributed by atoms with Gasteiger partial charge in [-0.2, -0.15) is 0 Å². The molecule has 1 aliphatic heterocycles. The molecule has 5 nitrogen and oxygen atoms in total. The van der Waals surface area contributed by atoms with Gasteiger partial charge in [-0.15, -0.1) is 11.3 Å². The molecule has 1 fully saturated rings. The maximum Gasteiger partial charge on any atom is 0.322 e. The zero-order valence-corrected chi connectivity index (χ0v) is 13.4. The first kappa shape index (κ1) is 15.4. The second-order valence-corrected chi connectivity index (χ2v) is 6.81. The van der Waals surface area contributed by atoms with Gasteiger partial charge >= 0.3 is 6.03 Å². The summed E-state index contributed by atoms with van der Waals surface area (Å²) >= 11 is 7.39. The van der Waals surface area contributed by atoms with Crippen LogP contribution in [0.1, 0.15) is 31.1 Å². The van der Waals surface area contributed by atoms with Crippen LogP contribution in [-0.4, -0.2) is 28.6 Å². The molecule has 2 aromatic heterocycles. The van der Waals surface area contributed by atoms with Crippen molar-refractivity contribution in [3.05, 3.63) is 39.9 Å². The standard InChI is InChI=1S/C15H17ClN2O3S/c16-14-11(5-8-22-14)17-15(20)18-6-1-3-10(18)9-12(19)13-4-2-7-21-13/h2,4-5,7-8,10,12,19H,1,3,6,9H2,(H,17,20)/t10-,12-/m1/s1. The van der Waals surface area contributed by atoms with E-state index in [2.05, 4.69) is 5.32 Å². The first-order valence-electron chi connectivity index (χ1n) is 7.17. The zero-order chi connectivity index (χ0) is 15.5. The van der Waals surface area contributed by atoms with Crippen molar-refractivity contribution in [3.8, 4) is 0 Å². The third kappa shape index (κ3) is 3.29. The summed E-state index contributed by atoms with van der Waals surface area (Å²) < 4.78 is 5.79. The molecule has 3 rings (SSSR count). The lowest BCUT2D eigenvalue weighted by Crippen LogP contribution is -2.39. The van der Waals surface area contributed by atoms with Crippen LogP contribution < -0.4 is 5.32 Å². The molecule has 0 bridgehead atoms. The van der Waals surface area contributed by atoms with Gasteiger partial charge in [0.15, 0.2) is 0 Å². The lowest BCUT2D eigenvalue weighted by atomic mass is 10.1. The largest absolute Gasteiger partial charge is 0.467 e. The van der Waals surface area contributed by atoms with E-state index in [1.165, 1.54) is 17.6 Å². The van der Waals surface area contributed by atoms with Gasteiger partial charge in [0.25, 0.3) is 0 Å². The fraction of sp³-hybridized carbons (Fsp3) is 0.400. The van der Waals surface area contributed by atoms with Gasteiger partial charge < -0.3 is 19.7 Å². The fourth-order valence-electron chi connectivity index (χ4n) is 2.77. The van der Waals surface area contributed by atoms with Crippen molar-refractivity contribution in [1.29, 1.82) is 0 Å². The second kappa shape index (κ2) is 6.73. The number of carbonyl (C=O) groups is 1. The van der Waals surface area contributed by atoms with Gasteiger partial charge in [-0.1, -0.05) is 11.6 Å². The monoisotopic (exact) mass is 340 g/mol. The van der Waals surface area contributed by atoms with Crippen LogP contribution in [0.4, 0.5) is 10.5 Å². The highest BCUT2D eigenvalue weighted by atomic mass is 35.5. The zero-order valence-electron chi connectivity index (χ0n) is 11.9. The topological polar surface area (TPSA) is 65.7 Å². The van der Waals surface area contributed by atoms with E-state index in [0.717, 1.165) is 12.8 Å². The molecule has 118 valence electrons. The summed E-state index contributed by atoms with van der Waals surface area (Å²) in [6.07, 6.45) is 3.12. The number of aliphatic hydroxyl groups excluding tert-OH is 1. The Kier molecular flexibility index (Phi) is 4.71. The molecule has 0 saturated carbocycles. The van der Waals surface area contributed by atoms with E-state index >= 15 is 0 Å². The van der Waals surface area contributed by atoms with E-state index in [1.807, 2.05) is 5.38 Å². The Balaban J connectivity index is 1.62. The number of anilines is 1. The van der Waals surface area contributed by atoms with Gasteiger partial charge in [-0.05, 0) is 36.4 Å². The molecule has 2 atom stereocenters. The van der Waals surface area contributed by atoms with E-state index in [1.54, 1.807) is 23.1 Å². The van der Waals surface area contributed by atoms with Gasteiger partial charge in [0.1, 0.15) is 16.2 Å². The average Bonchev–Trinajstić information content (AvgIpc) is 3.21. The highest BCUT2D eigenvalue weighted by Gasteiger charge is 2.31. The van der Waals surface area contributed by atoms with E-state index in [-0.39, 0.29) is 12.1 Å². The summed E-state index contributed by atoms with van der Waals surface area (Å²) in [5.41, 5.74) is 0.633. The van der Waals surface area contributed by atoms with Crippen LogP contribution in [0.3, 0.4) is 0 Å². The number of aliphatic hydroxyl groups is 1. The molecule has 0 unspecified atom stereocenters. The van der Waals surface area contributed by atoms with Crippen LogP contribution in [0.5, 0.6) is 0 Å². The maximum atomic E-state index is 12.4. The van der Waals surface area contributed by atoms with Crippen molar-refractivity contribution in [3.63, 3.8) is 0 Å². The van der Waals surface area contributed by atoms with Crippen LogP contribution in [-0.2, 0) is 0 Å². The van der Waals surface area contributed by atoms with Gasteiger partial charge in [0.2, 0.25) is 0 Å². The number of rotatable bonds is 4. The molecule has 2 N–H and O–H groups in total. The van der Waals surface area contributed by atoms with Crippen LogP contribution in [0, 0.1) is 0 Å². The van der Waals surface area contributed by atoms with E-state index in [0.29, 0.717) is 28.7 Å². The van der Waals surface area contributed by atoms with E-state index in [4.69, 9.17) is 16.0 Å². The quantitative estimate of drug-likeness (QED) is 0.880. The van der Waals surface area contributed by atoms with Crippen molar-refractivity contribution in [1.82, 2.24) is 4.90 Å². The lowest BCUT2D eigenvalue weighted by Gasteiger charge is -2.26. The van der Waals surface area contributed by atoms with Crippen molar-refractivity contribution in [2.45, 2.75) is 31.4 Å². The third-order valence-electron chi connectivity index (χ3n) is 3.86. The van der Waals surface area contributed by atoms with Crippen LogP contribution >= 0.6 is 22.9 Å². The highest BCUT2D eigenvalue weighted by molar-refractivity contribution is 7.15. The number of hydrogen-bond acceptors (Lipinski definition) is 4. The molecule has 0 radical (unpaired) electrons. The number of likely N-dealkylation sites (tertiary alicyclic amines) is 1. The Morgan fingerprint density at radius 1 is 1.59 bits per heavy atom. The van der Waals surface area contributed by atoms with Crippen molar-refractivity contribution in [2.75, 3.05) is 11.9 Å². The molecule has 0 spiro atoms. The molecule has 3 heterocycles. The van der Waals surface area contributed by atoms with Crippen LogP contribution in [0.15, 0.2) is 34.3 Å². The Morgan fingerprint density at radius 2 is 2.45 bits per heavy atom. The van der Waals surface area contributed by atoms with Crippen LogP contribution in [0.2, 0.25) is 4.34 Å². The molecular weight excluding hydrogens is 324 g/mol. The molecule has 0 aromatic carbocycles. The Morgan fingerprint density at radius 3 is 3.14 bits per heavy atom. The normalized spacial score (nSPS) is 19.4. The molecule has 22 heavy (non-hydrogen) atoms. The first-order valence-corrected chi connectivity index (χ1v) is 8.43. The molecule has 1 aliphatic rings. The Bertz CT molecular complexity index is 629. The minimum absolute atomic E-state index is 0.00230. The lowest BCUT2D eigenvalue weighted by molar-refractivity contribution is 0.110. The number of amides is 2. The number of nitrogens with one attached hydrogen (secondary N) is 1. The number of hydrogen-bond donors (Lipinski definition) is 2. The second-order valence-electron chi connectivity index (χ2n) is 5.29. The summed E-state index contributed by atoms with van der Waals surface area (Å²) in [5.74, 6) is 0.535. The van der Waals surface area contributed by atoms with Crippen molar-refractivity contribution in [2.24, 2.45) is 0 Å². The Hall–Kier alpha value is -1.50. The van der Waals surface area contributed by atoms with Crippen LogP contribution in [0.25, 0.3) is 0 Å². The predicted molar refractivity (Wildman–Crippen MR) is 86.4 cm³/mol. The average molecular weight is 341 g/mol. The summed E-state index contributed by atoms with van der Waals surface area (Å²) in [6.45, 7) is 0.684. The van der Waals surface area contributed by atoms with E-state index < -0.39 is 6.10 Å². The Labute approximate surface area is 137 Å². The molecule has 0 aliphatic carbocycles. The smallest absolute Gasteiger partial charge is 0.322 e. The minimum atomic E-state index is -0.696. The third-order valence-corrected chi connectivity index (χ3v) is 5.03. The predicted octanol–water partition coefficient (Wildman–Crippen LogP) is 4.11. The highest BCUT2D eigenvalue weighted by Crippen LogP contribution is 2.31. The number of urea groups is 1. The van der Waals surface area contributed by atoms with Gasteiger partial charge in [0.05, 0.1) is 12.0 Å². The fourth-order valence-corrected chi connectivity index (χ4v) is 3.61. The van der Waals surface area contributed by atoms with Gasteiger partial charge in [0, 0.05) is 19.0 Å². The molecule has 2 amide bonds. The van der Waals surface area contributed by atoms with Crippen molar-refractivity contribution < 1.29 is 14.3 Å². The van der Waals surface area contributed by atoms with Crippen molar-refractivity contribution >= 4 is 34.7 Å². The maximum absolute atomic E-state index is 12.4. The summed E-state index contributed by atoms with van der Waals surface area (Å²) in [5, 5.41) is 14.9. The number of carbonyl (C=O) groups excluding carboxylic acids is 1. The summed E-state index contributed by atoms with van der Waals surface area (Å²) in [7, 11) is 0. The molecule has 7 heteroatoms. The number of halogens is 1. The summed E-state index contributed by atoms with van der Waals surface area (Å²) in [6, 6.07) is 5.10. The molecule has 2 aromatic rings. The first-order chi connectivity index (χ1) is 10.6. The molecule has 1 saturated heterocycles. The van der Waals surface area contributed by atoms with E-state index in [9.17, 15) is 9.90 Å². The number of furan rings is 1. The SMILES string of the molecule is O=C(Nc1ccsc1Cl)N1CCC[C@@H]1C[C@@H](O)c1ccco1. The minimum Gasteiger partial charge on any atom is -0.467 e. The number of nitrogens with zero attached hydrogens (tertiary/aromatic N) is 1. The van der Waals surface area contributed by atoms with Gasteiger partial charge in [-0.25, -0.2) is 4.79 Å².